The molecule has 1 aromatic heterocycles. The second-order valence-electron chi connectivity index (χ2n) is 4.78. The number of carbonyl (C=O) groups is 1. The Morgan fingerprint density at radius 1 is 1.68 bits per heavy atom. The molecule has 0 aliphatic carbocycles. The highest BCUT2D eigenvalue weighted by atomic mass is 19.3. The van der Waals surface area contributed by atoms with Crippen LogP contribution in [0.25, 0.3) is 0 Å². The largest absolute Gasteiger partial charge is 0.338 e. The normalized spacial score (nSPS) is 19.1. The third-order valence-corrected chi connectivity index (χ3v) is 3.35. The maximum Gasteiger partial charge on any atom is 0.319 e. The van der Waals surface area contributed by atoms with Crippen molar-refractivity contribution < 1.29 is 13.6 Å². The van der Waals surface area contributed by atoms with Crippen LogP contribution in [0.5, 0.6) is 0 Å². The zero-order valence-electron chi connectivity index (χ0n) is 10.9. The fraction of sp³-hybridized carbons (Fsp3) is 0.667. The first-order valence-corrected chi connectivity index (χ1v) is 6.35. The first-order chi connectivity index (χ1) is 9.08. The number of hydrogen-bond donors (Lipinski definition) is 1. The lowest BCUT2D eigenvalue weighted by molar-refractivity contribution is -0.131. The lowest BCUT2D eigenvalue weighted by Crippen LogP contribution is -2.33. The molecule has 1 fully saturated rings. The zero-order valence-corrected chi connectivity index (χ0v) is 10.9. The van der Waals surface area contributed by atoms with Crippen LogP contribution in [0.1, 0.15) is 31.6 Å². The second-order valence-corrected chi connectivity index (χ2v) is 4.78. The minimum Gasteiger partial charge on any atom is -0.338 e. The molecule has 0 spiro atoms. The van der Waals surface area contributed by atoms with E-state index in [0.29, 0.717) is 6.42 Å². The standard InChI is InChI=1S/C12H18F2N4O/c1-17(11(19)7-9-3-2-4-15-9)8-10-16-5-6-18(10)12(13)14/h5-6,9,12,15H,2-4,7-8H2,1H3. The van der Waals surface area contributed by atoms with E-state index in [4.69, 9.17) is 0 Å². The van der Waals surface area contributed by atoms with Gasteiger partial charge >= 0.3 is 6.55 Å². The number of rotatable bonds is 5. The summed E-state index contributed by atoms with van der Waals surface area (Å²) in [4.78, 5) is 17.3. The summed E-state index contributed by atoms with van der Waals surface area (Å²) in [5.41, 5.74) is 0. The Morgan fingerprint density at radius 3 is 3.11 bits per heavy atom. The monoisotopic (exact) mass is 272 g/mol. The minimum absolute atomic E-state index is 0.0526. The highest BCUT2D eigenvalue weighted by molar-refractivity contribution is 5.76. The molecule has 0 saturated carbocycles. The SMILES string of the molecule is CN(Cc1nccn1C(F)F)C(=O)CC1CCCN1. The van der Waals surface area contributed by atoms with Gasteiger partial charge in [-0.1, -0.05) is 0 Å². The third-order valence-electron chi connectivity index (χ3n) is 3.35. The Labute approximate surface area is 110 Å². The summed E-state index contributed by atoms with van der Waals surface area (Å²) in [5.74, 6) is 0.147. The number of nitrogens with one attached hydrogen (secondary N) is 1. The first kappa shape index (κ1) is 13.9. The van der Waals surface area contributed by atoms with Crippen LogP contribution in [0.15, 0.2) is 12.4 Å². The number of aromatic nitrogens is 2. The number of nitrogens with zero attached hydrogens (tertiary/aromatic N) is 3. The molecular weight excluding hydrogens is 254 g/mol. The molecule has 2 heterocycles. The summed E-state index contributed by atoms with van der Waals surface area (Å²) in [6.45, 7) is -1.59. The quantitative estimate of drug-likeness (QED) is 0.881. The van der Waals surface area contributed by atoms with Crippen LogP contribution in [0.4, 0.5) is 8.78 Å². The van der Waals surface area contributed by atoms with E-state index >= 15 is 0 Å². The predicted molar refractivity (Wildman–Crippen MR) is 65.6 cm³/mol. The molecular formula is C12H18F2N4O. The van der Waals surface area contributed by atoms with Crippen LogP contribution < -0.4 is 5.32 Å². The molecule has 0 radical (unpaired) electrons. The van der Waals surface area contributed by atoms with E-state index < -0.39 is 6.55 Å². The Balaban J connectivity index is 1.90. The van der Waals surface area contributed by atoms with Crippen molar-refractivity contribution in [1.82, 2.24) is 19.8 Å². The van der Waals surface area contributed by atoms with Crippen LogP contribution in [-0.4, -0.2) is 40.0 Å². The van der Waals surface area contributed by atoms with Crippen molar-refractivity contribution in [3.8, 4) is 0 Å². The van der Waals surface area contributed by atoms with E-state index in [1.165, 1.54) is 17.3 Å². The molecule has 1 N–H and O–H groups in total. The number of amides is 1. The van der Waals surface area contributed by atoms with E-state index in [2.05, 4.69) is 10.3 Å². The maximum absolute atomic E-state index is 12.6. The summed E-state index contributed by atoms with van der Waals surface area (Å²) in [6.07, 6.45) is 5.02. The van der Waals surface area contributed by atoms with Gasteiger partial charge in [0.15, 0.2) is 0 Å². The maximum atomic E-state index is 12.6. The summed E-state index contributed by atoms with van der Waals surface area (Å²) in [7, 11) is 1.61. The van der Waals surface area contributed by atoms with E-state index in [-0.39, 0.29) is 24.3 Å². The van der Waals surface area contributed by atoms with Crippen molar-refractivity contribution in [1.29, 1.82) is 0 Å². The van der Waals surface area contributed by atoms with E-state index in [1.807, 2.05) is 0 Å². The molecule has 5 nitrogen and oxygen atoms in total. The summed E-state index contributed by atoms with van der Waals surface area (Å²) < 4.78 is 26.1. The van der Waals surface area contributed by atoms with E-state index in [0.717, 1.165) is 24.0 Å². The van der Waals surface area contributed by atoms with Crippen LogP contribution in [0.3, 0.4) is 0 Å². The molecule has 106 valence electrons. The Hall–Kier alpha value is -1.50. The molecule has 1 aromatic rings. The topological polar surface area (TPSA) is 50.2 Å². The van der Waals surface area contributed by atoms with Gasteiger partial charge in [-0.05, 0) is 19.4 Å². The molecule has 2 rings (SSSR count). The first-order valence-electron chi connectivity index (χ1n) is 6.35. The molecule has 1 aliphatic heterocycles. The molecule has 1 aliphatic rings. The fourth-order valence-corrected chi connectivity index (χ4v) is 2.24. The highest BCUT2D eigenvalue weighted by Crippen LogP contribution is 2.15. The molecule has 1 amide bonds. The van der Waals surface area contributed by atoms with Crippen molar-refractivity contribution in [3.63, 3.8) is 0 Å². The Bertz CT molecular complexity index is 429. The van der Waals surface area contributed by atoms with Gasteiger partial charge in [0.1, 0.15) is 5.82 Å². The van der Waals surface area contributed by atoms with Crippen LogP contribution in [0.2, 0.25) is 0 Å². The smallest absolute Gasteiger partial charge is 0.319 e. The van der Waals surface area contributed by atoms with E-state index in [9.17, 15) is 13.6 Å². The number of imidazole rings is 1. The van der Waals surface area contributed by atoms with Crippen molar-refractivity contribution >= 4 is 5.91 Å². The van der Waals surface area contributed by atoms with Crippen molar-refractivity contribution in [3.05, 3.63) is 18.2 Å². The van der Waals surface area contributed by atoms with Gasteiger partial charge < -0.3 is 10.2 Å². The van der Waals surface area contributed by atoms with Crippen LogP contribution >= 0.6 is 0 Å². The van der Waals surface area contributed by atoms with Crippen molar-refractivity contribution in [2.45, 2.75) is 38.4 Å². The second kappa shape index (κ2) is 6.10. The average Bonchev–Trinajstić information content (AvgIpc) is 2.99. The van der Waals surface area contributed by atoms with Gasteiger partial charge in [-0.25, -0.2) is 4.98 Å². The highest BCUT2D eigenvalue weighted by Gasteiger charge is 2.21. The van der Waals surface area contributed by atoms with Gasteiger partial charge in [0.05, 0.1) is 6.54 Å². The van der Waals surface area contributed by atoms with Gasteiger partial charge in [-0.2, -0.15) is 8.78 Å². The number of carbonyl (C=O) groups excluding carboxylic acids is 1. The van der Waals surface area contributed by atoms with Crippen LogP contribution in [-0.2, 0) is 11.3 Å². The number of halogens is 2. The lowest BCUT2D eigenvalue weighted by atomic mass is 10.1. The Morgan fingerprint density at radius 2 is 2.47 bits per heavy atom. The molecule has 19 heavy (non-hydrogen) atoms. The van der Waals surface area contributed by atoms with Gasteiger partial charge in [0.25, 0.3) is 0 Å². The number of alkyl halides is 2. The molecule has 0 bridgehead atoms. The lowest BCUT2D eigenvalue weighted by Gasteiger charge is -2.19. The fourth-order valence-electron chi connectivity index (χ4n) is 2.24. The molecule has 1 atom stereocenters. The molecule has 1 saturated heterocycles. The third kappa shape index (κ3) is 3.50. The van der Waals surface area contributed by atoms with Crippen LogP contribution in [0, 0.1) is 0 Å². The summed E-state index contributed by atoms with van der Waals surface area (Å²) in [6, 6.07) is 0.213. The molecule has 7 heteroatoms. The van der Waals surface area contributed by atoms with Gasteiger partial charge in [-0.3, -0.25) is 9.36 Å². The number of hydrogen-bond acceptors (Lipinski definition) is 3. The molecule has 0 aromatic carbocycles. The zero-order chi connectivity index (χ0) is 13.8. The van der Waals surface area contributed by atoms with Gasteiger partial charge in [-0.15, -0.1) is 0 Å². The molecule has 1 unspecified atom stereocenters. The van der Waals surface area contributed by atoms with E-state index in [1.54, 1.807) is 7.05 Å². The average molecular weight is 272 g/mol. The Kier molecular flexibility index (Phi) is 4.47. The van der Waals surface area contributed by atoms with Crippen molar-refractivity contribution in [2.75, 3.05) is 13.6 Å². The summed E-state index contributed by atoms with van der Waals surface area (Å²) in [5, 5.41) is 3.24. The van der Waals surface area contributed by atoms with Gasteiger partial charge in [0, 0.05) is 31.9 Å². The minimum atomic E-state index is -2.63. The predicted octanol–water partition coefficient (Wildman–Crippen LogP) is 1.38. The van der Waals surface area contributed by atoms with Crippen molar-refractivity contribution in [2.24, 2.45) is 0 Å². The summed E-state index contributed by atoms with van der Waals surface area (Å²) >= 11 is 0. The van der Waals surface area contributed by atoms with Gasteiger partial charge in [0.2, 0.25) is 5.91 Å².